The quantitative estimate of drug-likeness (QED) is 0.191. The van der Waals surface area contributed by atoms with E-state index < -0.39 is 5.41 Å². The normalized spacial score (nSPS) is 12.6. The van der Waals surface area contributed by atoms with Crippen molar-refractivity contribution >= 4 is 10.8 Å². The molecule has 0 amide bonds. The third-order valence-corrected chi connectivity index (χ3v) is 10.0. The molecule has 8 aromatic rings. The first-order chi connectivity index (χ1) is 24.3. The van der Waals surface area contributed by atoms with Crippen molar-refractivity contribution in [1.82, 2.24) is 4.98 Å². The Bertz CT molecular complexity index is 2510. The molecule has 0 fully saturated rings. The number of hydrogen-bond donors (Lipinski definition) is 0. The molecule has 7 aromatic carbocycles. The zero-order chi connectivity index (χ0) is 32.8. The third kappa shape index (κ3) is 4.52. The Balaban J connectivity index is 1.39. The summed E-state index contributed by atoms with van der Waals surface area (Å²) in [6.45, 7) is 0. The fourth-order valence-corrected chi connectivity index (χ4v) is 7.92. The van der Waals surface area contributed by atoms with Gasteiger partial charge in [0.15, 0.2) is 0 Å². The highest BCUT2D eigenvalue weighted by Crippen LogP contribution is 2.59. The minimum atomic E-state index is -0.556. The van der Waals surface area contributed by atoms with E-state index in [1.54, 1.807) is 6.20 Å². The number of pyridine rings is 1. The number of rotatable bonds is 5. The van der Waals surface area contributed by atoms with Gasteiger partial charge in [0, 0.05) is 18.0 Å². The summed E-state index contributed by atoms with van der Waals surface area (Å²) in [7, 11) is 0. The van der Waals surface area contributed by atoms with E-state index in [9.17, 15) is 5.26 Å². The molecule has 0 saturated heterocycles. The maximum atomic E-state index is 9.55. The van der Waals surface area contributed by atoms with Crippen molar-refractivity contribution in [3.63, 3.8) is 0 Å². The molecule has 9 rings (SSSR count). The minimum Gasteiger partial charge on any atom is -0.263 e. The smallest absolute Gasteiger partial charge is 0.101 e. The Labute approximate surface area is 286 Å². The molecule has 0 spiro atoms. The molecule has 0 aliphatic heterocycles. The van der Waals surface area contributed by atoms with Gasteiger partial charge in [-0.2, -0.15) is 5.26 Å². The Morgan fingerprint density at radius 2 is 1.04 bits per heavy atom. The molecule has 1 heterocycles. The van der Waals surface area contributed by atoms with Crippen LogP contribution in [0.3, 0.4) is 0 Å². The van der Waals surface area contributed by atoms with Gasteiger partial charge in [-0.05, 0) is 96.2 Å². The van der Waals surface area contributed by atoms with Gasteiger partial charge in [-0.25, -0.2) is 0 Å². The molecule has 1 aliphatic rings. The number of benzene rings is 7. The second-order valence-electron chi connectivity index (χ2n) is 12.7. The number of fused-ring (bicyclic) bond motifs is 5. The summed E-state index contributed by atoms with van der Waals surface area (Å²) < 4.78 is 0. The van der Waals surface area contributed by atoms with Crippen LogP contribution >= 0.6 is 0 Å². The highest BCUT2D eigenvalue weighted by molar-refractivity contribution is 6.10. The minimum absolute atomic E-state index is 0.550. The second kappa shape index (κ2) is 11.6. The molecule has 1 aromatic heterocycles. The fraction of sp³-hybridized carbons (Fsp3) is 0.0213. The molecule has 0 unspecified atom stereocenters. The summed E-state index contributed by atoms with van der Waals surface area (Å²) in [4.78, 5) is 4.35. The molecule has 0 N–H and O–H groups in total. The monoisotopic (exact) mass is 622 g/mol. The van der Waals surface area contributed by atoms with Crippen LogP contribution in [-0.2, 0) is 5.41 Å². The van der Waals surface area contributed by atoms with Crippen molar-refractivity contribution in [2.45, 2.75) is 5.41 Å². The standard InChI is InChI=1S/C47H30N2/c48-29-32-25-37(31-49-30-32)34-15-12-16-36(26-34)43-28-45-46(41-22-11-10-21-40(41)43)42-24-23-35(33-13-4-1-5-14-33)27-44(42)47(45,38-17-6-2-7-18-38)39-19-8-3-9-20-39/h1-28,30-31H. The summed E-state index contributed by atoms with van der Waals surface area (Å²) in [6.07, 6.45) is 3.44. The van der Waals surface area contributed by atoms with Crippen LogP contribution in [0.1, 0.15) is 27.8 Å². The van der Waals surface area contributed by atoms with Crippen molar-refractivity contribution in [2.75, 3.05) is 0 Å². The summed E-state index contributed by atoms with van der Waals surface area (Å²) in [6, 6.07) is 63.7. The second-order valence-corrected chi connectivity index (χ2v) is 12.7. The van der Waals surface area contributed by atoms with Crippen LogP contribution in [0.25, 0.3) is 55.3 Å². The number of hydrogen-bond acceptors (Lipinski definition) is 2. The Kier molecular flexibility index (Phi) is 6.78. The lowest BCUT2D eigenvalue weighted by Crippen LogP contribution is -2.28. The van der Waals surface area contributed by atoms with E-state index in [2.05, 4.69) is 175 Å². The first-order valence-corrected chi connectivity index (χ1v) is 16.6. The lowest BCUT2D eigenvalue weighted by molar-refractivity contribution is 0.769. The van der Waals surface area contributed by atoms with Crippen LogP contribution < -0.4 is 0 Å². The molecule has 0 saturated carbocycles. The lowest BCUT2D eigenvalue weighted by Gasteiger charge is -2.34. The van der Waals surface area contributed by atoms with E-state index in [1.807, 2.05) is 12.3 Å². The van der Waals surface area contributed by atoms with Crippen LogP contribution in [-0.4, -0.2) is 4.98 Å². The van der Waals surface area contributed by atoms with Crippen molar-refractivity contribution in [3.8, 4) is 50.6 Å². The zero-order valence-electron chi connectivity index (χ0n) is 26.7. The Morgan fingerprint density at radius 3 is 1.76 bits per heavy atom. The van der Waals surface area contributed by atoms with Crippen LogP contribution in [0.15, 0.2) is 182 Å². The average molecular weight is 623 g/mol. The molecular formula is C47H30N2. The van der Waals surface area contributed by atoms with Gasteiger partial charge in [0.05, 0.1) is 11.0 Å². The molecule has 2 heteroatoms. The first kappa shape index (κ1) is 28.6. The van der Waals surface area contributed by atoms with Crippen molar-refractivity contribution < 1.29 is 0 Å². The van der Waals surface area contributed by atoms with Gasteiger partial charge in [-0.15, -0.1) is 0 Å². The maximum absolute atomic E-state index is 9.55. The molecule has 0 atom stereocenters. The van der Waals surface area contributed by atoms with Crippen LogP contribution in [0.2, 0.25) is 0 Å². The summed E-state index contributed by atoms with van der Waals surface area (Å²) >= 11 is 0. The van der Waals surface area contributed by atoms with Gasteiger partial charge in [0.2, 0.25) is 0 Å². The van der Waals surface area contributed by atoms with E-state index >= 15 is 0 Å². The largest absolute Gasteiger partial charge is 0.263 e. The van der Waals surface area contributed by atoms with Gasteiger partial charge in [0.25, 0.3) is 0 Å². The molecule has 228 valence electrons. The number of nitriles is 1. The van der Waals surface area contributed by atoms with Gasteiger partial charge in [0.1, 0.15) is 6.07 Å². The molecule has 2 nitrogen and oxygen atoms in total. The molecular weight excluding hydrogens is 593 g/mol. The predicted molar refractivity (Wildman–Crippen MR) is 200 cm³/mol. The highest BCUT2D eigenvalue weighted by atomic mass is 14.6. The van der Waals surface area contributed by atoms with E-state index in [1.165, 1.54) is 60.8 Å². The highest BCUT2D eigenvalue weighted by Gasteiger charge is 2.47. The van der Waals surface area contributed by atoms with E-state index in [4.69, 9.17) is 0 Å². The van der Waals surface area contributed by atoms with E-state index in [-0.39, 0.29) is 0 Å². The van der Waals surface area contributed by atoms with Gasteiger partial charge in [-0.1, -0.05) is 146 Å². The zero-order valence-corrected chi connectivity index (χ0v) is 26.7. The van der Waals surface area contributed by atoms with Crippen LogP contribution in [0.4, 0.5) is 0 Å². The SMILES string of the molecule is N#Cc1cncc(-c2cccc(-c3cc4c(c5ccccc35)-c3ccc(-c5ccccc5)cc3C4(c3ccccc3)c3ccccc3)c2)c1. The Morgan fingerprint density at radius 1 is 0.429 bits per heavy atom. The molecule has 49 heavy (non-hydrogen) atoms. The van der Waals surface area contributed by atoms with Crippen molar-refractivity contribution in [3.05, 3.63) is 210 Å². The molecule has 0 bridgehead atoms. The van der Waals surface area contributed by atoms with Gasteiger partial charge >= 0.3 is 0 Å². The average Bonchev–Trinajstić information content (AvgIpc) is 3.49. The lowest BCUT2D eigenvalue weighted by atomic mass is 9.67. The van der Waals surface area contributed by atoms with E-state index in [0.29, 0.717) is 5.56 Å². The number of nitrogens with zero attached hydrogens (tertiary/aromatic N) is 2. The number of aromatic nitrogens is 1. The first-order valence-electron chi connectivity index (χ1n) is 16.6. The van der Waals surface area contributed by atoms with Crippen molar-refractivity contribution in [1.29, 1.82) is 5.26 Å². The van der Waals surface area contributed by atoms with Gasteiger partial charge < -0.3 is 0 Å². The van der Waals surface area contributed by atoms with Gasteiger partial charge in [-0.3, -0.25) is 4.98 Å². The third-order valence-electron chi connectivity index (χ3n) is 10.0. The maximum Gasteiger partial charge on any atom is 0.101 e. The summed E-state index contributed by atoms with van der Waals surface area (Å²) in [5.41, 5.74) is 14.2. The predicted octanol–water partition coefficient (Wildman–Crippen LogP) is 11.5. The molecule has 1 aliphatic carbocycles. The topological polar surface area (TPSA) is 36.7 Å². The van der Waals surface area contributed by atoms with E-state index in [0.717, 1.165) is 16.7 Å². The summed E-state index contributed by atoms with van der Waals surface area (Å²) in [5, 5.41) is 12.0. The summed E-state index contributed by atoms with van der Waals surface area (Å²) in [5.74, 6) is 0. The van der Waals surface area contributed by atoms with Crippen molar-refractivity contribution in [2.24, 2.45) is 0 Å². The molecule has 0 radical (unpaired) electrons. The Hall–Kier alpha value is -6.56. The van der Waals surface area contributed by atoms with Crippen LogP contribution in [0.5, 0.6) is 0 Å². The van der Waals surface area contributed by atoms with Crippen LogP contribution in [0, 0.1) is 11.3 Å². The fourth-order valence-electron chi connectivity index (χ4n) is 7.92.